The Bertz CT molecular complexity index is 827. The third-order valence-corrected chi connectivity index (χ3v) is 4.52. The molecule has 0 saturated carbocycles. The van der Waals surface area contributed by atoms with Crippen molar-refractivity contribution in [1.82, 2.24) is 0 Å². The molecule has 1 atom stereocenters. The Morgan fingerprint density at radius 1 is 0.917 bits per heavy atom. The predicted molar refractivity (Wildman–Crippen MR) is 94.7 cm³/mol. The van der Waals surface area contributed by atoms with Crippen LogP contribution in [0.15, 0.2) is 72.1 Å². The van der Waals surface area contributed by atoms with Gasteiger partial charge >= 0.3 is 5.97 Å². The molecular formula is C19H13ClO3S. The van der Waals surface area contributed by atoms with Crippen molar-refractivity contribution in [3.05, 3.63) is 93.1 Å². The first-order chi connectivity index (χ1) is 11.6. The second kappa shape index (κ2) is 7.43. The molecule has 0 N–H and O–H groups in total. The summed E-state index contributed by atoms with van der Waals surface area (Å²) in [4.78, 5) is 25.6. The van der Waals surface area contributed by atoms with Gasteiger partial charge in [-0.1, -0.05) is 60.1 Å². The van der Waals surface area contributed by atoms with Crippen molar-refractivity contribution in [3.8, 4) is 0 Å². The molecule has 1 heterocycles. The van der Waals surface area contributed by atoms with E-state index in [4.69, 9.17) is 16.3 Å². The number of rotatable bonds is 5. The second-order valence-corrected chi connectivity index (χ2v) is 6.43. The highest BCUT2D eigenvalue weighted by Crippen LogP contribution is 2.26. The quantitative estimate of drug-likeness (QED) is 0.467. The summed E-state index contributed by atoms with van der Waals surface area (Å²) in [7, 11) is 0. The third kappa shape index (κ3) is 3.72. The van der Waals surface area contributed by atoms with Gasteiger partial charge in [-0.05, 0) is 23.6 Å². The zero-order chi connectivity index (χ0) is 16.9. The van der Waals surface area contributed by atoms with E-state index in [1.807, 2.05) is 6.07 Å². The molecule has 3 rings (SSSR count). The fraction of sp³-hybridized carbons (Fsp3) is 0.0526. The van der Waals surface area contributed by atoms with Gasteiger partial charge in [-0.15, -0.1) is 11.3 Å². The Morgan fingerprint density at radius 3 is 2.25 bits per heavy atom. The average Bonchev–Trinajstić information content (AvgIpc) is 3.15. The van der Waals surface area contributed by atoms with Crippen LogP contribution in [-0.4, -0.2) is 11.8 Å². The Hall–Kier alpha value is -2.43. The van der Waals surface area contributed by atoms with Crippen molar-refractivity contribution in [2.45, 2.75) is 6.10 Å². The molecule has 0 aliphatic carbocycles. The molecule has 0 amide bonds. The normalized spacial score (nSPS) is 11.7. The molecule has 0 unspecified atom stereocenters. The Labute approximate surface area is 148 Å². The van der Waals surface area contributed by atoms with E-state index in [1.165, 1.54) is 11.3 Å². The number of benzene rings is 2. The summed E-state index contributed by atoms with van der Waals surface area (Å²) in [5, 5.41) is 2.33. The van der Waals surface area contributed by atoms with E-state index in [0.29, 0.717) is 21.0 Å². The summed E-state index contributed by atoms with van der Waals surface area (Å²) in [5.41, 5.74) is 1.06. The van der Waals surface area contributed by atoms with Crippen molar-refractivity contribution in [3.63, 3.8) is 0 Å². The van der Waals surface area contributed by atoms with Crippen LogP contribution in [0.4, 0.5) is 0 Å². The average molecular weight is 357 g/mol. The van der Waals surface area contributed by atoms with Gasteiger partial charge < -0.3 is 4.74 Å². The van der Waals surface area contributed by atoms with Gasteiger partial charge in [-0.25, -0.2) is 4.79 Å². The van der Waals surface area contributed by atoms with Crippen molar-refractivity contribution < 1.29 is 14.3 Å². The maximum absolute atomic E-state index is 12.8. The molecule has 24 heavy (non-hydrogen) atoms. The van der Waals surface area contributed by atoms with E-state index in [-0.39, 0.29) is 5.78 Å². The van der Waals surface area contributed by atoms with Gasteiger partial charge in [-0.2, -0.15) is 0 Å². The van der Waals surface area contributed by atoms with Gasteiger partial charge in [0.2, 0.25) is 5.78 Å². The Morgan fingerprint density at radius 2 is 1.62 bits per heavy atom. The van der Waals surface area contributed by atoms with E-state index in [9.17, 15) is 9.59 Å². The second-order valence-electron chi connectivity index (χ2n) is 5.04. The molecule has 120 valence electrons. The lowest BCUT2D eigenvalue weighted by Crippen LogP contribution is -2.20. The minimum Gasteiger partial charge on any atom is -0.445 e. The number of carbonyl (C=O) groups excluding carboxylic acids is 2. The van der Waals surface area contributed by atoms with Crippen LogP contribution in [0.2, 0.25) is 5.02 Å². The smallest absolute Gasteiger partial charge is 0.349 e. The summed E-state index contributed by atoms with van der Waals surface area (Å²) in [5.74, 6) is -0.794. The van der Waals surface area contributed by atoms with Crippen LogP contribution >= 0.6 is 22.9 Å². The monoisotopic (exact) mass is 356 g/mol. The van der Waals surface area contributed by atoms with Crippen molar-refractivity contribution >= 4 is 34.7 Å². The van der Waals surface area contributed by atoms with Crippen LogP contribution < -0.4 is 0 Å². The highest BCUT2D eigenvalue weighted by molar-refractivity contribution is 7.11. The van der Waals surface area contributed by atoms with Gasteiger partial charge in [0.05, 0.1) is 0 Å². The van der Waals surface area contributed by atoms with Crippen molar-refractivity contribution in [1.29, 1.82) is 0 Å². The molecule has 0 bridgehead atoms. The molecule has 2 aromatic carbocycles. The maximum atomic E-state index is 12.8. The number of thiophene rings is 1. The Balaban J connectivity index is 1.93. The molecule has 0 aliphatic heterocycles. The first kappa shape index (κ1) is 16.4. The van der Waals surface area contributed by atoms with Crippen molar-refractivity contribution in [2.24, 2.45) is 0 Å². The lowest BCUT2D eigenvalue weighted by Gasteiger charge is -2.17. The molecule has 0 radical (unpaired) electrons. The van der Waals surface area contributed by atoms with Crippen LogP contribution in [0.1, 0.15) is 31.7 Å². The van der Waals surface area contributed by atoms with E-state index in [0.717, 1.165) is 0 Å². The van der Waals surface area contributed by atoms with E-state index >= 15 is 0 Å². The number of ether oxygens (including phenoxy) is 1. The highest BCUT2D eigenvalue weighted by Gasteiger charge is 2.27. The van der Waals surface area contributed by atoms with Gasteiger partial charge in [-0.3, -0.25) is 4.79 Å². The number of Topliss-reactive ketones (excluding diaryl/α,β-unsaturated/α-hetero) is 1. The lowest BCUT2D eigenvalue weighted by atomic mass is 10.00. The standard InChI is InChI=1S/C19H13ClO3S/c20-15-10-8-14(9-11-15)18(17(21)13-5-2-1-3-6-13)23-19(22)16-7-4-12-24-16/h1-12,18H/t18-/m1/s1. The largest absolute Gasteiger partial charge is 0.445 e. The minimum absolute atomic E-state index is 0.275. The fourth-order valence-electron chi connectivity index (χ4n) is 2.22. The highest BCUT2D eigenvalue weighted by atomic mass is 35.5. The molecule has 5 heteroatoms. The van der Waals surface area contributed by atoms with E-state index in [2.05, 4.69) is 0 Å². The van der Waals surface area contributed by atoms with Crippen LogP contribution in [0.25, 0.3) is 0 Å². The number of esters is 1. The Kier molecular flexibility index (Phi) is 5.08. The predicted octanol–water partition coefficient (Wildman–Crippen LogP) is 5.18. The third-order valence-electron chi connectivity index (χ3n) is 3.42. The van der Waals surface area contributed by atoms with Crippen LogP contribution in [-0.2, 0) is 4.74 Å². The van der Waals surface area contributed by atoms with Gasteiger partial charge in [0, 0.05) is 16.1 Å². The summed E-state index contributed by atoms with van der Waals surface area (Å²) < 4.78 is 5.52. The number of carbonyl (C=O) groups is 2. The van der Waals surface area contributed by atoms with Gasteiger partial charge in [0.15, 0.2) is 6.10 Å². The molecule has 3 aromatic rings. The number of halogens is 1. The van der Waals surface area contributed by atoms with Crippen LogP contribution in [0.5, 0.6) is 0 Å². The fourth-order valence-corrected chi connectivity index (χ4v) is 2.96. The summed E-state index contributed by atoms with van der Waals surface area (Å²) >= 11 is 7.18. The molecule has 3 nitrogen and oxygen atoms in total. The molecule has 0 aliphatic rings. The molecule has 0 spiro atoms. The summed E-state index contributed by atoms with van der Waals surface area (Å²) in [6.45, 7) is 0. The number of hydrogen-bond donors (Lipinski definition) is 0. The molecule has 1 aromatic heterocycles. The number of hydrogen-bond acceptors (Lipinski definition) is 4. The zero-order valence-electron chi connectivity index (χ0n) is 12.5. The van der Waals surface area contributed by atoms with Crippen LogP contribution in [0.3, 0.4) is 0 Å². The topological polar surface area (TPSA) is 43.4 Å². The zero-order valence-corrected chi connectivity index (χ0v) is 14.1. The first-order valence-electron chi connectivity index (χ1n) is 7.24. The van der Waals surface area contributed by atoms with E-state index in [1.54, 1.807) is 66.0 Å². The maximum Gasteiger partial charge on any atom is 0.349 e. The molecule has 0 saturated heterocycles. The SMILES string of the molecule is O=C(O[C@@H](C(=O)c1ccccc1)c1ccc(Cl)cc1)c1cccs1. The lowest BCUT2D eigenvalue weighted by molar-refractivity contribution is 0.0285. The van der Waals surface area contributed by atoms with E-state index < -0.39 is 12.1 Å². The van der Waals surface area contributed by atoms with Gasteiger partial charge in [0.1, 0.15) is 4.88 Å². The van der Waals surface area contributed by atoms with Crippen molar-refractivity contribution in [2.75, 3.05) is 0 Å². The molecular weight excluding hydrogens is 344 g/mol. The number of ketones is 1. The first-order valence-corrected chi connectivity index (χ1v) is 8.50. The summed E-state index contributed by atoms with van der Waals surface area (Å²) in [6, 6.07) is 18.9. The van der Waals surface area contributed by atoms with Gasteiger partial charge in [0.25, 0.3) is 0 Å². The van der Waals surface area contributed by atoms with Crippen LogP contribution in [0, 0.1) is 0 Å². The minimum atomic E-state index is -1.01. The summed E-state index contributed by atoms with van der Waals surface area (Å²) in [6.07, 6.45) is -1.01. The molecule has 0 fully saturated rings.